The molecule has 0 nitrogen and oxygen atoms in total. The smallest absolute Gasteiger partial charge is 0.297 e. The molecule has 28 heavy (non-hydrogen) atoms. The van der Waals surface area contributed by atoms with E-state index in [1.807, 2.05) is 0 Å². The van der Waals surface area contributed by atoms with Crippen LogP contribution in [0.2, 0.25) is 39.3 Å². The molecule has 2 aromatic rings. The monoisotopic (exact) mass is 390 g/mol. The average Bonchev–Trinajstić information content (AvgIpc) is 2.51. The first-order valence-corrected chi connectivity index (χ1v) is 16.4. The summed E-state index contributed by atoms with van der Waals surface area (Å²) in [5, 5.41) is 0. The fourth-order valence-corrected chi connectivity index (χ4v) is 4.79. The third-order valence-corrected chi connectivity index (χ3v) is 5.93. The van der Waals surface area contributed by atoms with E-state index in [4.69, 9.17) is 0 Å². The summed E-state index contributed by atoms with van der Waals surface area (Å²) in [5.74, 6) is 0. The van der Waals surface area contributed by atoms with Crippen LogP contribution in [0.5, 0.6) is 0 Å². The largest absolute Gasteiger partial charge is 1.00 e. The SMILES string of the molecule is Cc1ccc(C(=[C-][Si](C)(C)C)C(=[C-][Si](C)(C)C)c2ccc(C)cc2)cc1.[Li+].[Li+]. The summed E-state index contributed by atoms with van der Waals surface area (Å²) in [6.07, 6.45) is 0. The average molecular weight is 391 g/mol. The molecule has 0 unspecified atom stereocenters. The Balaban J connectivity index is 0.00000364. The van der Waals surface area contributed by atoms with Gasteiger partial charge in [-0.2, -0.15) is 11.1 Å². The number of rotatable bonds is 5. The Kier molecular flexibility index (Phi) is 10.9. The van der Waals surface area contributed by atoms with Gasteiger partial charge in [0.2, 0.25) is 0 Å². The maximum Gasteiger partial charge on any atom is 1.00 e. The van der Waals surface area contributed by atoms with Crippen molar-refractivity contribution in [3.05, 3.63) is 82.2 Å². The summed E-state index contributed by atoms with van der Waals surface area (Å²) < 4.78 is 0. The Morgan fingerprint density at radius 3 is 1.00 bits per heavy atom. The summed E-state index contributed by atoms with van der Waals surface area (Å²) in [4.78, 5) is 0. The van der Waals surface area contributed by atoms with Crippen LogP contribution in [0.3, 0.4) is 0 Å². The van der Waals surface area contributed by atoms with Gasteiger partial charge in [-0.1, -0.05) is 74.7 Å². The van der Waals surface area contributed by atoms with Gasteiger partial charge in [0.05, 0.1) is 0 Å². The van der Waals surface area contributed by atoms with Crippen molar-refractivity contribution in [2.24, 2.45) is 0 Å². The van der Waals surface area contributed by atoms with E-state index in [1.165, 1.54) is 33.4 Å². The minimum Gasteiger partial charge on any atom is -0.297 e. The molecule has 0 spiro atoms. The van der Waals surface area contributed by atoms with Gasteiger partial charge in [-0.3, -0.25) is 22.5 Å². The number of benzene rings is 2. The van der Waals surface area contributed by atoms with E-state index in [0.717, 1.165) is 0 Å². The topological polar surface area (TPSA) is 0 Å². The molecule has 4 heteroatoms. The molecule has 0 heterocycles. The molecule has 0 amide bonds. The normalized spacial score (nSPS) is 12.9. The molecule has 0 saturated carbocycles. The van der Waals surface area contributed by atoms with Crippen LogP contribution in [0.1, 0.15) is 22.3 Å². The van der Waals surface area contributed by atoms with Crippen molar-refractivity contribution in [3.8, 4) is 0 Å². The van der Waals surface area contributed by atoms with Crippen LogP contribution in [-0.4, -0.2) is 16.1 Å². The first kappa shape index (κ1) is 27.5. The van der Waals surface area contributed by atoms with Gasteiger partial charge in [0.25, 0.3) is 0 Å². The molecule has 2 rings (SSSR count). The van der Waals surface area contributed by atoms with Crippen LogP contribution in [-0.2, 0) is 0 Å². The minimum absolute atomic E-state index is 0. The second-order valence-electron chi connectivity index (χ2n) is 9.23. The standard InChI is InChI=1S/C24H32Si2.2Li/c1-19-9-13-21(14-10-19)23(17-25(3,4)5)24(18-26(6,7)8)22-15-11-20(2)12-16-22;;/h9-16H,1-8H3;;/q-2;2*+1. The Bertz CT molecular complexity index is 732. The molecule has 0 bridgehead atoms. The second kappa shape index (κ2) is 11.1. The van der Waals surface area contributed by atoms with Gasteiger partial charge < -0.3 is 0 Å². The van der Waals surface area contributed by atoms with Crippen molar-refractivity contribution in [1.82, 2.24) is 0 Å². The molecule has 0 N–H and O–H groups in total. The fourth-order valence-electron chi connectivity index (χ4n) is 2.75. The Morgan fingerprint density at radius 1 is 0.536 bits per heavy atom. The first-order valence-electron chi connectivity index (χ1n) is 9.39. The van der Waals surface area contributed by atoms with Crippen molar-refractivity contribution in [2.45, 2.75) is 53.1 Å². The maximum atomic E-state index is 3.91. The van der Waals surface area contributed by atoms with Crippen LogP contribution < -0.4 is 37.7 Å². The quantitative estimate of drug-likeness (QED) is 0.408. The molecule has 0 aliphatic carbocycles. The summed E-state index contributed by atoms with van der Waals surface area (Å²) in [7, 11) is -3.06. The fraction of sp³-hybridized carbons (Fsp3) is 0.333. The predicted molar refractivity (Wildman–Crippen MR) is 122 cm³/mol. The van der Waals surface area contributed by atoms with Crippen LogP contribution in [0.4, 0.5) is 0 Å². The third-order valence-electron chi connectivity index (χ3n) is 3.93. The third kappa shape index (κ3) is 8.92. The van der Waals surface area contributed by atoms with Crippen LogP contribution in [0.15, 0.2) is 48.5 Å². The maximum absolute atomic E-state index is 3.91. The Hall–Kier alpha value is -0.451. The van der Waals surface area contributed by atoms with Gasteiger partial charge in [0, 0.05) is 0 Å². The van der Waals surface area contributed by atoms with Gasteiger partial charge in [-0.25, -0.2) is 0 Å². The van der Waals surface area contributed by atoms with Gasteiger partial charge in [-0.05, 0) is 30.0 Å². The van der Waals surface area contributed by atoms with E-state index in [2.05, 4.69) is 113 Å². The zero-order chi connectivity index (χ0) is 19.5. The van der Waals surface area contributed by atoms with E-state index in [0.29, 0.717) is 0 Å². The van der Waals surface area contributed by atoms with Crippen molar-refractivity contribution in [2.75, 3.05) is 0 Å². The summed E-state index contributed by atoms with van der Waals surface area (Å²) in [5.41, 5.74) is 15.4. The van der Waals surface area contributed by atoms with Crippen molar-refractivity contribution in [3.63, 3.8) is 0 Å². The van der Waals surface area contributed by atoms with Crippen LogP contribution in [0, 0.1) is 25.2 Å². The number of aryl methyl sites for hydroxylation is 2. The zero-order valence-corrected chi connectivity index (χ0v) is 21.6. The van der Waals surface area contributed by atoms with Gasteiger partial charge in [0.15, 0.2) is 0 Å². The van der Waals surface area contributed by atoms with Gasteiger partial charge >= 0.3 is 37.7 Å². The van der Waals surface area contributed by atoms with Gasteiger partial charge in [0.1, 0.15) is 0 Å². The molecular weight excluding hydrogens is 358 g/mol. The molecule has 0 radical (unpaired) electrons. The number of hydrogen-bond donors (Lipinski definition) is 0. The van der Waals surface area contributed by atoms with E-state index < -0.39 is 16.1 Å². The van der Waals surface area contributed by atoms with Crippen molar-refractivity contribution < 1.29 is 37.7 Å². The Morgan fingerprint density at radius 2 is 0.786 bits per heavy atom. The van der Waals surface area contributed by atoms with Crippen LogP contribution >= 0.6 is 0 Å². The Labute approximate surface area is 199 Å². The van der Waals surface area contributed by atoms with E-state index >= 15 is 0 Å². The molecule has 0 aromatic heterocycles. The molecule has 0 aliphatic heterocycles. The van der Waals surface area contributed by atoms with Crippen LogP contribution in [0.25, 0.3) is 11.1 Å². The zero-order valence-electron chi connectivity index (χ0n) is 19.6. The predicted octanol–water partition coefficient (Wildman–Crippen LogP) is 1.14. The molecule has 2 aromatic carbocycles. The summed E-state index contributed by atoms with van der Waals surface area (Å²) in [6, 6.07) is 17.7. The summed E-state index contributed by atoms with van der Waals surface area (Å²) >= 11 is 0. The molecule has 0 aliphatic rings. The molecule has 0 fully saturated rings. The number of allylic oxidation sites excluding steroid dienone is 2. The van der Waals surface area contributed by atoms with Crippen molar-refractivity contribution in [1.29, 1.82) is 0 Å². The molecule has 138 valence electrons. The van der Waals surface area contributed by atoms with E-state index in [1.54, 1.807) is 0 Å². The van der Waals surface area contributed by atoms with E-state index in [-0.39, 0.29) is 37.7 Å². The van der Waals surface area contributed by atoms with E-state index in [9.17, 15) is 0 Å². The second-order valence-corrected chi connectivity index (χ2v) is 18.7. The summed E-state index contributed by atoms with van der Waals surface area (Å²) in [6.45, 7) is 18.4. The molecule has 0 saturated heterocycles. The minimum atomic E-state index is -1.53. The van der Waals surface area contributed by atoms with Crippen molar-refractivity contribution >= 4 is 27.3 Å². The first-order chi connectivity index (χ1) is 11.9. The van der Waals surface area contributed by atoms with Gasteiger partial charge in [-0.15, -0.1) is 24.3 Å². The molecular formula is C24H32Li2Si2. The number of hydrogen-bond acceptors (Lipinski definition) is 0. The molecule has 0 atom stereocenters.